The number of aryl methyl sites for hydroxylation is 1. The number of rotatable bonds is 8. The Hall–Kier alpha value is -1.51. The Kier molecular flexibility index (Phi) is 6.67. The van der Waals surface area contributed by atoms with Crippen LogP contribution in [0, 0.1) is 17.0 Å². The normalized spacial score (nSPS) is 12.3. The van der Waals surface area contributed by atoms with Gasteiger partial charge in [0.05, 0.1) is 4.92 Å². The van der Waals surface area contributed by atoms with Gasteiger partial charge in [0.2, 0.25) is 10.0 Å². The number of nitro benzene ring substituents is 1. The van der Waals surface area contributed by atoms with Crippen molar-refractivity contribution in [3.05, 3.63) is 33.9 Å². The van der Waals surface area contributed by atoms with Crippen molar-refractivity contribution in [1.29, 1.82) is 0 Å². The largest absolute Gasteiger partial charge is 0.297 e. The third kappa shape index (κ3) is 4.98. The lowest BCUT2D eigenvalue weighted by atomic mass is 10.2. The highest BCUT2D eigenvalue weighted by Crippen LogP contribution is 2.26. The molecule has 0 aliphatic heterocycles. The standard InChI is InChI=1S/C15H25N3O4S/c1-11(2)17(12(3)4)10-9-16-23(21,22)15-13(5)7-6-8-14(15)18(19)20/h6-8,11-12,16H,9-10H2,1-5H3. The van der Waals surface area contributed by atoms with E-state index in [-0.39, 0.29) is 23.5 Å². The van der Waals surface area contributed by atoms with E-state index in [1.165, 1.54) is 12.1 Å². The minimum Gasteiger partial charge on any atom is -0.297 e. The molecule has 23 heavy (non-hydrogen) atoms. The average molecular weight is 343 g/mol. The van der Waals surface area contributed by atoms with Gasteiger partial charge < -0.3 is 0 Å². The summed E-state index contributed by atoms with van der Waals surface area (Å²) in [5, 5.41) is 11.1. The summed E-state index contributed by atoms with van der Waals surface area (Å²) in [4.78, 5) is 12.3. The van der Waals surface area contributed by atoms with Crippen molar-refractivity contribution < 1.29 is 13.3 Å². The number of nitro groups is 1. The van der Waals surface area contributed by atoms with Crippen LogP contribution in [0.2, 0.25) is 0 Å². The van der Waals surface area contributed by atoms with Gasteiger partial charge >= 0.3 is 0 Å². The van der Waals surface area contributed by atoms with Crippen molar-refractivity contribution in [2.45, 2.75) is 51.6 Å². The molecule has 0 aliphatic carbocycles. The van der Waals surface area contributed by atoms with Crippen molar-refractivity contribution >= 4 is 15.7 Å². The molecule has 1 aromatic rings. The van der Waals surface area contributed by atoms with Gasteiger partial charge in [-0.25, -0.2) is 13.1 Å². The van der Waals surface area contributed by atoms with E-state index in [1.807, 2.05) is 27.7 Å². The summed E-state index contributed by atoms with van der Waals surface area (Å²) in [6, 6.07) is 4.80. The lowest BCUT2D eigenvalue weighted by Gasteiger charge is -2.30. The summed E-state index contributed by atoms with van der Waals surface area (Å²) in [6.45, 7) is 10.5. The summed E-state index contributed by atoms with van der Waals surface area (Å²) >= 11 is 0. The first-order chi connectivity index (χ1) is 10.6. The lowest BCUT2D eigenvalue weighted by molar-refractivity contribution is -0.387. The first kappa shape index (κ1) is 19.5. The van der Waals surface area contributed by atoms with Crippen LogP contribution in [0.5, 0.6) is 0 Å². The quantitative estimate of drug-likeness (QED) is 0.577. The molecule has 0 fully saturated rings. The minimum atomic E-state index is -3.93. The Labute approximate surface area is 137 Å². The van der Waals surface area contributed by atoms with Gasteiger partial charge in [0, 0.05) is 31.2 Å². The second kappa shape index (κ2) is 7.85. The monoisotopic (exact) mass is 343 g/mol. The second-order valence-corrected chi connectivity index (χ2v) is 7.71. The first-order valence-electron chi connectivity index (χ1n) is 7.57. The van der Waals surface area contributed by atoms with Crippen LogP contribution < -0.4 is 4.72 Å². The average Bonchev–Trinajstić information content (AvgIpc) is 2.41. The third-order valence-corrected chi connectivity index (χ3v) is 5.30. The molecular weight excluding hydrogens is 318 g/mol. The van der Waals surface area contributed by atoms with Crippen molar-refractivity contribution in [2.75, 3.05) is 13.1 Å². The van der Waals surface area contributed by atoms with Crippen molar-refractivity contribution in [1.82, 2.24) is 9.62 Å². The highest BCUT2D eigenvalue weighted by Gasteiger charge is 2.27. The Morgan fingerprint density at radius 1 is 1.22 bits per heavy atom. The Morgan fingerprint density at radius 2 is 1.78 bits per heavy atom. The highest BCUT2D eigenvalue weighted by atomic mass is 32.2. The zero-order valence-corrected chi connectivity index (χ0v) is 15.1. The zero-order valence-electron chi connectivity index (χ0n) is 14.2. The molecule has 0 aromatic heterocycles. The molecule has 0 heterocycles. The molecule has 8 heteroatoms. The maximum atomic E-state index is 12.5. The molecule has 0 saturated carbocycles. The predicted octanol–water partition coefficient (Wildman–Crippen LogP) is 2.30. The van der Waals surface area contributed by atoms with Gasteiger partial charge in [0.1, 0.15) is 0 Å². The molecule has 1 rings (SSSR count). The van der Waals surface area contributed by atoms with Crippen LogP contribution in [0.15, 0.2) is 23.1 Å². The van der Waals surface area contributed by atoms with Crippen LogP contribution in [0.3, 0.4) is 0 Å². The molecule has 1 N–H and O–H groups in total. The Balaban J connectivity index is 2.96. The molecule has 0 saturated heterocycles. The van der Waals surface area contributed by atoms with Crippen molar-refractivity contribution in [3.8, 4) is 0 Å². The topological polar surface area (TPSA) is 92.5 Å². The van der Waals surface area contributed by atoms with Gasteiger partial charge in [0.15, 0.2) is 4.90 Å². The first-order valence-corrected chi connectivity index (χ1v) is 9.05. The molecule has 0 radical (unpaired) electrons. The molecule has 0 atom stereocenters. The molecule has 0 bridgehead atoms. The summed E-state index contributed by atoms with van der Waals surface area (Å²) < 4.78 is 27.4. The van der Waals surface area contributed by atoms with E-state index in [2.05, 4.69) is 9.62 Å². The fourth-order valence-corrected chi connectivity index (χ4v) is 4.04. The molecular formula is C15H25N3O4S. The molecule has 0 amide bonds. The molecule has 7 nitrogen and oxygen atoms in total. The van der Waals surface area contributed by atoms with Crippen molar-refractivity contribution in [2.24, 2.45) is 0 Å². The van der Waals surface area contributed by atoms with E-state index < -0.39 is 20.6 Å². The van der Waals surface area contributed by atoms with E-state index in [9.17, 15) is 18.5 Å². The molecule has 0 aliphatic rings. The fourth-order valence-electron chi connectivity index (χ4n) is 2.62. The lowest BCUT2D eigenvalue weighted by Crippen LogP contribution is -2.42. The van der Waals surface area contributed by atoms with E-state index in [0.717, 1.165) is 0 Å². The summed E-state index contributed by atoms with van der Waals surface area (Å²) in [5.74, 6) is 0. The minimum absolute atomic E-state index is 0.199. The van der Waals surface area contributed by atoms with Gasteiger partial charge in [-0.1, -0.05) is 12.1 Å². The highest BCUT2D eigenvalue weighted by molar-refractivity contribution is 7.89. The van der Waals surface area contributed by atoms with Crippen molar-refractivity contribution in [3.63, 3.8) is 0 Å². The number of hydrogen-bond acceptors (Lipinski definition) is 5. The second-order valence-electron chi connectivity index (χ2n) is 6.00. The Morgan fingerprint density at radius 3 is 2.26 bits per heavy atom. The van der Waals surface area contributed by atoms with Gasteiger partial charge in [-0.3, -0.25) is 15.0 Å². The molecule has 1 aromatic carbocycles. The van der Waals surface area contributed by atoms with E-state index in [4.69, 9.17) is 0 Å². The van der Waals surface area contributed by atoms with Crippen LogP contribution in [0.4, 0.5) is 5.69 Å². The van der Waals surface area contributed by atoms with Crippen LogP contribution >= 0.6 is 0 Å². The number of sulfonamides is 1. The summed E-state index contributed by atoms with van der Waals surface area (Å²) in [5.41, 5.74) is -0.0432. The molecule has 0 spiro atoms. The maximum Gasteiger partial charge on any atom is 0.289 e. The molecule has 0 unspecified atom stereocenters. The van der Waals surface area contributed by atoms with Crippen LogP contribution in [-0.2, 0) is 10.0 Å². The van der Waals surface area contributed by atoms with E-state index in [1.54, 1.807) is 13.0 Å². The molecule has 130 valence electrons. The number of benzene rings is 1. The fraction of sp³-hybridized carbons (Fsp3) is 0.600. The van der Waals surface area contributed by atoms with Gasteiger partial charge in [-0.05, 0) is 40.2 Å². The third-order valence-electron chi connectivity index (χ3n) is 3.65. The van der Waals surface area contributed by atoms with Crippen LogP contribution in [-0.4, -0.2) is 43.4 Å². The van der Waals surface area contributed by atoms with Crippen LogP contribution in [0.25, 0.3) is 0 Å². The van der Waals surface area contributed by atoms with Crippen LogP contribution in [0.1, 0.15) is 33.3 Å². The summed E-state index contributed by atoms with van der Waals surface area (Å²) in [6.07, 6.45) is 0. The number of nitrogens with one attached hydrogen (secondary N) is 1. The summed E-state index contributed by atoms with van der Waals surface area (Å²) in [7, 11) is -3.93. The smallest absolute Gasteiger partial charge is 0.289 e. The van der Waals surface area contributed by atoms with E-state index >= 15 is 0 Å². The Bertz CT molecular complexity index is 649. The predicted molar refractivity (Wildman–Crippen MR) is 90.0 cm³/mol. The maximum absolute atomic E-state index is 12.5. The zero-order chi connectivity index (χ0) is 17.8. The van der Waals surface area contributed by atoms with E-state index in [0.29, 0.717) is 12.1 Å². The van der Waals surface area contributed by atoms with Gasteiger partial charge in [0.25, 0.3) is 5.69 Å². The van der Waals surface area contributed by atoms with Gasteiger partial charge in [-0.2, -0.15) is 0 Å². The number of hydrogen-bond donors (Lipinski definition) is 1. The number of nitrogens with zero attached hydrogens (tertiary/aromatic N) is 2. The van der Waals surface area contributed by atoms with Gasteiger partial charge in [-0.15, -0.1) is 0 Å². The SMILES string of the molecule is Cc1cccc([N+](=O)[O-])c1S(=O)(=O)NCCN(C(C)C)C(C)C.